The minimum absolute atomic E-state index is 0.0285. The van der Waals surface area contributed by atoms with Gasteiger partial charge < -0.3 is 10.1 Å². The van der Waals surface area contributed by atoms with Crippen LogP contribution in [-0.2, 0) is 4.79 Å². The largest absolute Gasteiger partial charge is 0.497 e. The summed E-state index contributed by atoms with van der Waals surface area (Å²) in [5.74, 6) is 2.39. The molecule has 0 saturated heterocycles. The number of rotatable bonds is 11. The number of carbonyl (C=O) groups excluding carboxylic acids is 1. The van der Waals surface area contributed by atoms with Crippen molar-refractivity contribution in [2.75, 3.05) is 19.4 Å². The van der Waals surface area contributed by atoms with Gasteiger partial charge >= 0.3 is 0 Å². The molecule has 1 aromatic heterocycles. The lowest BCUT2D eigenvalue weighted by Crippen LogP contribution is -2.30. The van der Waals surface area contributed by atoms with Gasteiger partial charge in [0.1, 0.15) is 5.75 Å². The van der Waals surface area contributed by atoms with Gasteiger partial charge in [-0.25, -0.2) is 4.98 Å². The molecule has 142 valence electrons. The van der Waals surface area contributed by atoms with Gasteiger partial charge in [0.2, 0.25) is 11.1 Å². The zero-order valence-corrected chi connectivity index (χ0v) is 16.6. The molecule has 2 aromatic rings. The first kappa shape index (κ1) is 20.3. The van der Waals surface area contributed by atoms with Crippen molar-refractivity contribution < 1.29 is 9.53 Å². The van der Waals surface area contributed by atoms with Crippen LogP contribution in [0.4, 0.5) is 0 Å². The minimum Gasteiger partial charge on any atom is -0.497 e. The average Bonchev–Trinajstić information content (AvgIpc) is 3.15. The third-order valence-electron chi connectivity index (χ3n) is 4.29. The number of unbranched alkanes of at least 4 members (excludes halogenated alkanes) is 1. The highest BCUT2D eigenvalue weighted by Gasteiger charge is 2.11. The van der Waals surface area contributed by atoms with E-state index in [1.165, 1.54) is 31.0 Å². The van der Waals surface area contributed by atoms with Crippen molar-refractivity contribution in [3.63, 3.8) is 0 Å². The quantitative estimate of drug-likeness (QED) is 0.581. The summed E-state index contributed by atoms with van der Waals surface area (Å²) in [6.45, 7) is 5.12. The predicted molar refractivity (Wildman–Crippen MR) is 105 cm³/mol. The van der Waals surface area contributed by atoms with Crippen molar-refractivity contribution >= 4 is 17.7 Å². The van der Waals surface area contributed by atoms with Crippen LogP contribution in [0.5, 0.6) is 5.75 Å². The molecule has 2 N–H and O–H groups in total. The molecule has 0 aliphatic carbocycles. The molecule has 1 aromatic carbocycles. The molecular weight excluding hydrogens is 348 g/mol. The smallest absolute Gasteiger partial charge is 0.230 e. The van der Waals surface area contributed by atoms with Crippen LogP contribution in [0, 0.1) is 5.92 Å². The average molecular weight is 377 g/mol. The van der Waals surface area contributed by atoms with E-state index >= 15 is 0 Å². The van der Waals surface area contributed by atoms with Crippen LogP contribution in [0.25, 0.3) is 11.4 Å². The molecular formula is C19H28N4O2S. The van der Waals surface area contributed by atoms with Crippen molar-refractivity contribution in [2.24, 2.45) is 5.92 Å². The second-order valence-corrected chi connectivity index (χ2v) is 7.15. The molecule has 1 atom stereocenters. The van der Waals surface area contributed by atoms with E-state index < -0.39 is 0 Å². The van der Waals surface area contributed by atoms with Crippen LogP contribution < -0.4 is 10.1 Å². The number of benzene rings is 1. The Labute approximate surface area is 159 Å². The van der Waals surface area contributed by atoms with Gasteiger partial charge in [0.25, 0.3) is 0 Å². The van der Waals surface area contributed by atoms with E-state index in [0.29, 0.717) is 22.7 Å². The maximum atomic E-state index is 12.0. The number of methoxy groups -OCH3 is 1. The van der Waals surface area contributed by atoms with Gasteiger partial charge in [-0.05, 0) is 36.6 Å². The Hall–Kier alpha value is -2.02. The van der Waals surface area contributed by atoms with Crippen molar-refractivity contribution in [3.8, 4) is 17.1 Å². The van der Waals surface area contributed by atoms with Crippen LogP contribution in [0.15, 0.2) is 29.4 Å². The SMILES string of the molecule is CCCC[C@@H](CC)CNC(=O)CSc1n[nH]c(-c2ccc(OC)cc2)n1. The van der Waals surface area contributed by atoms with Crippen LogP contribution in [0.2, 0.25) is 0 Å². The van der Waals surface area contributed by atoms with E-state index in [9.17, 15) is 4.79 Å². The lowest BCUT2D eigenvalue weighted by atomic mass is 9.99. The highest BCUT2D eigenvalue weighted by molar-refractivity contribution is 7.99. The van der Waals surface area contributed by atoms with E-state index in [-0.39, 0.29) is 5.91 Å². The maximum Gasteiger partial charge on any atom is 0.230 e. The minimum atomic E-state index is 0.0285. The summed E-state index contributed by atoms with van der Waals surface area (Å²) in [5.41, 5.74) is 0.927. The number of aromatic nitrogens is 3. The Morgan fingerprint density at radius 3 is 2.73 bits per heavy atom. The molecule has 7 heteroatoms. The maximum absolute atomic E-state index is 12.0. The van der Waals surface area contributed by atoms with Gasteiger partial charge in [-0.1, -0.05) is 44.9 Å². The molecule has 6 nitrogen and oxygen atoms in total. The van der Waals surface area contributed by atoms with Gasteiger partial charge in [0, 0.05) is 12.1 Å². The number of amides is 1. The Morgan fingerprint density at radius 1 is 1.31 bits per heavy atom. The van der Waals surface area contributed by atoms with E-state index in [1.54, 1.807) is 7.11 Å². The number of hydrogen-bond donors (Lipinski definition) is 2. The van der Waals surface area contributed by atoms with Gasteiger partial charge in [-0.3, -0.25) is 9.89 Å². The molecule has 0 aliphatic rings. The summed E-state index contributed by atoms with van der Waals surface area (Å²) < 4.78 is 5.15. The molecule has 2 rings (SSSR count). The Morgan fingerprint density at radius 2 is 2.08 bits per heavy atom. The topological polar surface area (TPSA) is 79.9 Å². The summed E-state index contributed by atoms with van der Waals surface area (Å²) in [7, 11) is 1.63. The fourth-order valence-corrected chi connectivity index (χ4v) is 3.20. The van der Waals surface area contributed by atoms with Gasteiger partial charge in [0.15, 0.2) is 5.82 Å². The standard InChI is InChI=1S/C19H28N4O2S/c1-4-6-7-14(5-2)12-20-17(24)13-26-19-21-18(22-23-19)15-8-10-16(25-3)11-9-15/h8-11,14H,4-7,12-13H2,1-3H3,(H,20,24)(H,21,22,23)/t14-/m1/s1. The second kappa shape index (κ2) is 10.9. The zero-order chi connectivity index (χ0) is 18.8. The Balaban J connectivity index is 1.78. The molecule has 26 heavy (non-hydrogen) atoms. The molecule has 0 fully saturated rings. The van der Waals surface area contributed by atoms with E-state index in [2.05, 4.69) is 34.3 Å². The number of H-pyrrole nitrogens is 1. The summed E-state index contributed by atoms with van der Waals surface area (Å²) in [6.07, 6.45) is 4.68. The third-order valence-corrected chi connectivity index (χ3v) is 5.14. The van der Waals surface area contributed by atoms with Crippen molar-refractivity contribution in [1.82, 2.24) is 20.5 Å². The highest BCUT2D eigenvalue weighted by atomic mass is 32.2. The number of nitrogens with one attached hydrogen (secondary N) is 2. The summed E-state index contributed by atoms with van der Waals surface area (Å²) in [4.78, 5) is 16.5. The van der Waals surface area contributed by atoms with Crippen molar-refractivity contribution in [2.45, 2.75) is 44.7 Å². The number of thioether (sulfide) groups is 1. The molecule has 0 spiro atoms. The van der Waals surface area contributed by atoms with Crippen molar-refractivity contribution in [1.29, 1.82) is 0 Å². The van der Waals surface area contributed by atoms with Crippen LogP contribution in [-0.4, -0.2) is 40.5 Å². The second-order valence-electron chi connectivity index (χ2n) is 6.20. The van der Waals surface area contributed by atoms with Gasteiger partial charge in [-0.2, -0.15) is 0 Å². The first-order chi connectivity index (χ1) is 12.7. The molecule has 0 bridgehead atoms. The molecule has 1 amide bonds. The Kier molecular flexibility index (Phi) is 8.47. The number of aromatic amines is 1. The number of nitrogens with zero attached hydrogens (tertiary/aromatic N) is 2. The molecule has 1 heterocycles. The number of hydrogen-bond acceptors (Lipinski definition) is 5. The number of ether oxygens (including phenoxy) is 1. The zero-order valence-electron chi connectivity index (χ0n) is 15.7. The predicted octanol–water partition coefficient (Wildman–Crippen LogP) is 3.91. The van der Waals surface area contributed by atoms with Crippen molar-refractivity contribution in [3.05, 3.63) is 24.3 Å². The first-order valence-electron chi connectivity index (χ1n) is 9.12. The van der Waals surface area contributed by atoms with Crippen LogP contribution in [0.1, 0.15) is 39.5 Å². The van der Waals surface area contributed by atoms with Crippen LogP contribution in [0.3, 0.4) is 0 Å². The number of carbonyl (C=O) groups is 1. The lowest BCUT2D eigenvalue weighted by Gasteiger charge is -2.14. The normalized spacial score (nSPS) is 12.0. The highest BCUT2D eigenvalue weighted by Crippen LogP contribution is 2.21. The summed E-state index contributed by atoms with van der Waals surface area (Å²) >= 11 is 1.34. The summed E-state index contributed by atoms with van der Waals surface area (Å²) in [5, 5.41) is 10.7. The molecule has 0 unspecified atom stereocenters. The fourth-order valence-electron chi connectivity index (χ4n) is 2.57. The molecule has 0 saturated carbocycles. The lowest BCUT2D eigenvalue weighted by molar-refractivity contribution is -0.118. The molecule has 0 radical (unpaired) electrons. The fraction of sp³-hybridized carbons (Fsp3) is 0.526. The van der Waals surface area contributed by atoms with Gasteiger partial charge in [-0.15, -0.1) is 5.10 Å². The van der Waals surface area contributed by atoms with Gasteiger partial charge in [0.05, 0.1) is 12.9 Å². The van der Waals surface area contributed by atoms with Crippen LogP contribution >= 0.6 is 11.8 Å². The van der Waals surface area contributed by atoms with E-state index in [4.69, 9.17) is 4.74 Å². The monoisotopic (exact) mass is 376 g/mol. The van der Waals surface area contributed by atoms with E-state index in [0.717, 1.165) is 24.3 Å². The molecule has 0 aliphatic heterocycles. The Bertz CT molecular complexity index is 672. The first-order valence-corrected chi connectivity index (χ1v) is 10.1. The summed E-state index contributed by atoms with van der Waals surface area (Å²) in [6, 6.07) is 7.59. The van der Waals surface area contributed by atoms with E-state index in [1.807, 2.05) is 24.3 Å². The third kappa shape index (κ3) is 6.37.